The van der Waals surface area contributed by atoms with Crippen LogP contribution >= 0.6 is 0 Å². The number of imidazole rings is 1. The average molecular weight is 308 g/mol. The minimum atomic E-state index is -0.544. The van der Waals surface area contributed by atoms with Crippen molar-refractivity contribution in [2.24, 2.45) is 0 Å². The number of hydrogen-bond acceptors (Lipinski definition) is 3. The second-order valence-corrected chi connectivity index (χ2v) is 6.78. The van der Waals surface area contributed by atoms with Crippen LogP contribution in [0.3, 0.4) is 0 Å². The molecule has 0 aliphatic heterocycles. The highest BCUT2D eigenvalue weighted by Gasteiger charge is 2.39. The molecule has 1 heterocycles. The molecule has 1 aliphatic carbocycles. The first-order valence-corrected chi connectivity index (χ1v) is 7.94. The molecule has 4 rings (SSSR count). The van der Waals surface area contributed by atoms with Crippen molar-refractivity contribution in [3.8, 4) is 11.5 Å². The quantitative estimate of drug-likeness (QED) is 0.788. The lowest BCUT2D eigenvalue weighted by Gasteiger charge is -2.41. The first-order chi connectivity index (χ1) is 11.0. The third kappa shape index (κ3) is 2.70. The van der Waals surface area contributed by atoms with E-state index in [1.54, 1.807) is 0 Å². The van der Waals surface area contributed by atoms with E-state index in [0.29, 0.717) is 6.04 Å². The van der Waals surface area contributed by atoms with Crippen LogP contribution in [0.5, 0.6) is 11.5 Å². The number of rotatable bonds is 3. The second kappa shape index (κ2) is 5.10. The summed E-state index contributed by atoms with van der Waals surface area (Å²) in [4.78, 5) is 4.45. The number of aromatic nitrogens is 2. The van der Waals surface area contributed by atoms with Gasteiger partial charge >= 0.3 is 0 Å². The Balaban J connectivity index is 1.63. The van der Waals surface area contributed by atoms with Gasteiger partial charge < -0.3 is 14.4 Å². The van der Waals surface area contributed by atoms with E-state index < -0.39 is 5.60 Å². The van der Waals surface area contributed by atoms with Crippen LogP contribution in [0.4, 0.5) is 0 Å². The Morgan fingerprint density at radius 2 is 1.83 bits per heavy atom. The summed E-state index contributed by atoms with van der Waals surface area (Å²) >= 11 is 0. The molecule has 0 bridgehead atoms. The topological polar surface area (TPSA) is 47.3 Å². The van der Waals surface area contributed by atoms with Gasteiger partial charge in [0.15, 0.2) is 0 Å². The van der Waals surface area contributed by atoms with E-state index in [-0.39, 0.29) is 0 Å². The van der Waals surface area contributed by atoms with Gasteiger partial charge in [-0.1, -0.05) is 17.7 Å². The standard InChI is InChI=1S/C19H20N2O2/c1-13-3-5-15(6-4-13)23-16-7-8-17-18(9-16)21(12-20-17)14-10-19(2,22)11-14/h3-9,12,14,22H,10-11H2,1-2H3. The first-order valence-electron chi connectivity index (χ1n) is 7.94. The predicted molar refractivity (Wildman–Crippen MR) is 89.9 cm³/mol. The highest BCUT2D eigenvalue weighted by Crippen LogP contribution is 2.42. The molecule has 23 heavy (non-hydrogen) atoms. The monoisotopic (exact) mass is 308 g/mol. The van der Waals surface area contributed by atoms with Crippen molar-refractivity contribution in [3.63, 3.8) is 0 Å². The van der Waals surface area contributed by atoms with E-state index in [2.05, 4.69) is 16.5 Å². The normalized spacial score (nSPS) is 23.7. The minimum absolute atomic E-state index is 0.310. The van der Waals surface area contributed by atoms with E-state index >= 15 is 0 Å². The van der Waals surface area contributed by atoms with Crippen molar-refractivity contribution in [3.05, 3.63) is 54.4 Å². The van der Waals surface area contributed by atoms with Crippen LogP contribution in [0.1, 0.15) is 31.4 Å². The minimum Gasteiger partial charge on any atom is -0.457 e. The van der Waals surface area contributed by atoms with Crippen molar-refractivity contribution in [2.45, 2.75) is 38.3 Å². The fraction of sp³-hybridized carbons (Fsp3) is 0.316. The van der Waals surface area contributed by atoms with Gasteiger partial charge in [0, 0.05) is 12.1 Å². The van der Waals surface area contributed by atoms with E-state index in [1.807, 2.05) is 55.7 Å². The van der Waals surface area contributed by atoms with Gasteiger partial charge in [-0.3, -0.25) is 0 Å². The summed E-state index contributed by atoms with van der Waals surface area (Å²) in [5.41, 5.74) is 2.67. The molecule has 1 fully saturated rings. The molecule has 1 saturated carbocycles. The van der Waals surface area contributed by atoms with Crippen LogP contribution in [0.2, 0.25) is 0 Å². The highest BCUT2D eigenvalue weighted by molar-refractivity contribution is 5.77. The van der Waals surface area contributed by atoms with Crippen molar-refractivity contribution in [1.82, 2.24) is 9.55 Å². The number of ether oxygens (including phenoxy) is 1. The Labute approximate surface area is 135 Å². The lowest BCUT2D eigenvalue weighted by Crippen LogP contribution is -2.41. The van der Waals surface area contributed by atoms with Crippen molar-refractivity contribution >= 4 is 11.0 Å². The van der Waals surface area contributed by atoms with Crippen molar-refractivity contribution in [1.29, 1.82) is 0 Å². The molecule has 1 N–H and O–H groups in total. The third-order valence-electron chi connectivity index (χ3n) is 4.55. The van der Waals surface area contributed by atoms with E-state index in [1.165, 1.54) is 5.56 Å². The zero-order valence-corrected chi connectivity index (χ0v) is 13.4. The molecule has 4 nitrogen and oxygen atoms in total. The number of fused-ring (bicyclic) bond motifs is 1. The molecule has 4 heteroatoms. The summed E-state index contributed by atoms with van der Waals surface area (Å²) in [6, 6.07) is 14.3. The van der Waals surface area contributed by atoms with Gasteiger partial charge in [-0.2, -0.15) is 0 Å². The van der Waals surface area contributed by atoms with Crippen LogP contribution < -0.4 is 4.74 Å². The molecule has 1 aromatic heterocycles. The number of hydrogen-bond donors (Lipinski definition) is 1. The summed E-state index contributed by atoms with van der Waals surface area (Å²) in [5.74, 6) is 1.63. The number of benzene rings is 2. The molecular weight excluding hydrogens is 288 g/mol. The Kier molecular flexibility index (Phi) is 3.16. The number of aliphatic hydroxyl groups is 1. The lowest BCUT2D eigenvalue weighted by molar-refractivity contribution is -0.0498. The Morgan fingerprint density at radius 1 is 1.13 bits per heavy atom. The molecule has 1 aliphatic rings. The van der Waals surface area contributed by atoms with E-state index in [4.69, 9.17) is 4.74 Å². The summed E-state index contributed by atoms with van der Waals surface area (Å²) < 4.78 is 8.10. The third-order valence-corrected chi connectivity index (χ3v) is 4.55. The van der Waals surface area contributed by atoms with E-state index in [0.717, 1.165) is 35.4 Å². The second-order valence-electron chi connectivity index (χ2n) is 6.78. The van der Waals surface area contributed by atoms with Gasteiger partial charge in [-0.25, -0.2) is 4.98 Å². The molecular formula is C19H20N2O2. The van der Waals surface area contributed by atoms with E-state index in [9.17, 15) is 5.11 Å². The zero-order chi connectivity index (χ0) is 16.0. The molecule has 0 saturated heterocycles. The van der Waals surface area contributed by atoms with Gasteiger partial charge in [-0.05, 0) is 51.0 Å². The van der Waals surface area contributed by atoms with Crippen LogP contribution in [-0.2, 0) is 0 Å². The van der Waals surface area contributed by atoms with Crippen molar-refractivity contribution < 1.29 is 9.84 Å². The van der Waals surface area contributed by atoms with Crippen LogP contribution in [-0.4, -0.2) is 20.3 Å². The lowest BCUT2D eigenvalue weighted by atomic mass is 9.77. The summed E-state index contributed by atoms with van der Waals surface area (Å²) in [6.45, 7) is 3.94. The van der Waals surface area contributed by atoms with Crippen LogP contribution in [0.15, 0.2) is 48.8 Å². The van der Waals surface area contributed by atoms with Gasteiger partial charge in [-0.15, -0.1) is 0 Å². The fourth-order valence-corrected chi connectivity index (χ4v) is 3.25. The largest absolute Gasteiger partial charge is 0.457 e. The maximum atomic E-state index is 9.97. The highest BCUT2D eigenvalue weighted by atomic mass is 16.5. The van der Waals surface area contributed by atoms with Crippen LogP contribution in [0, 0.1) is 6.92 Å². The molecule has 0 atom stereocenters. The first kappa shape index (κ1) is 14.3. The Morgan fingerprint density at radius 3 is 2.52 bits per heavy atom. The molecule has 2 aromatic carbocycles. The molecule has 0 unspecified atom stereocenters. The SMILES string of the molecule is Cc1ccc(Oc2ccc3ncn(C4CC(C)(O)C4)c3c2)cc1. The molecule has 3 aromatic rings. The maximum Gasteiger partial charge on any atom is 0.129 e. The summed E-state index contributed by atoms with van der Waals surface area (Å²) in [7, 11) is 0. The molecule has 0 amide bonds. The van der Waals surface area contributed by atoms with Gasteiger partial charge in [0.2, 0.25) is 0 Å². The predicted octanol–water partition coefficient (Wildman–Crippen LogP) is 4.22. The zero-order valence-electron chi connectivity index (χ0n) is 13.4. The van der Waals surface area contributed by atoms with Gasteiger partial charge in [0.1, 0.15) is 11.5 Å². The fourth-order valence-electron chi connectivity index (χ4n) is 3.25. The summed E-state index contributed by atoms with van der Waals surface area (Å²) in [5, 5.41) is 9.97. The molecule has 118 valence electrons. The average Bonchev–Trinajstić information content (AvgIpc) is 2.90. The van der Waals surface area contributed by atoms with Crippen LogP contribution in [0.25, 0.3) is 11.0 Å². The Hall–Kier alpha value is -2.33. The maximum absolute atomic E-state index is 9.97. The smallest absolute Gasteiger partial charge is 0.129 e. The number of aryl methyl sites for hydroxylation is 1. The molecule has 0 spiro atoms. The Bertz CT molecular complexity index is 841. The number of nitrogens with zero attached hydrogens (tertiary/aromatic N) is 2. The van der Waals surface area contributed by atoms with Gasteiger partial charge in [0.05, 0.1) is 23.0 Å². The summed E-state index contributed by atoms with van der Waals surface area (Å²) in [6.07, 6.45) is 3.39. The van der Waals surface area contributed by atoms with Crippen molar-refractivity contribution in [2.75, 3.05) is 0 Å². The molecule has 0 radical (unpaired) electrons. The van der Waals surface area contributed by atoms with Gasteiger partial charge in [0.25, 0.3) is 0 Å².